The first-order chi connectivity index (χ1) is 32.7. The van der Waals surface area contributed by atoms with E-state index in [0.29, 0.717) is 86.3 Å². The highest BCUT2D eigenvalue weighted by Crippen LogP contribution is 2.43. The molecule has 0 bridgehead atoms. The predicted molar refractivity (Wildman–Crippen MR) is 257 cm³/mol. The second-order valence-electron chi connectivity index (χ2n) is 17.5. The number of hydrogen-bond donors (Lipinski definition) is 5. The molecule has 9 rings (SSSR count). The summed E-state index contributed by atoms with van der Waals surface area (Å²) < 4.78 is 16.1. The summed E-state index contributed by atoms with van der Waals surface area (Å²) in [6, 6.07) is 20.2. The Labute approximate surface area is 397 Å². The number of carbonyl (C=O) groups excluding carboxylic acids is 4. The standard InChI is InChI=1S/C50H54ClN9O8/c1-28-43(29(2)57(4)56-28)44-37(51)15-14-35-34(12-8-24-67-40-13-7-10-31-9-5-6-11-33(31)40)47(50(65)66)60(46(35)44)23-20-58-18-21-59(22-19-58)42(62)27-68-32-25-36(45-39(26-32)52-30(3)53-45)48(63)54-38-16-17-41(61)55-49(38)64/h5-7,9-11,13-15,25-26,38,50,65-66H,8,12,16-24,27H2,1-4H3,(H,52,53)(H,54,63)(H,55,61,64). The molecule has 17 nitrogen and oxygen atoms in total. The lowest BCUT2D eigenvalue weighted by Gasteiger charge is -2.35. The van der Waals surface area contributed by atoms with E-state index in [1.165, 1.54) is 6.07 Å². The summed E-state index contributed by atoms with van der Waals surface area (Å²) >= 11 is 7.10. The Hall–Kier alpha value is -6.79. The molecule has 1 unspecified atom stereocenters. The van der Waals surface area contributed by atoms with Gasteiger partial charge in [0.25, 0.3) is 11.8 Å². The van der Waals surface area contributed by atoms with Gasteiger partial charge in [-0.05, 0) is 69.2 Å². The summed E-state index contributed by atoms with van der Waals surface area (Å²) in [6.07, 6.45) is -0.353. The van der Waals surface area contributed by atoms with Crippen LogP contribution in [0.2, 0.25) is 5.02 Å². The summed E-state index contributed by atoms with van der Waals surface area (Å²) in [4.78, 5) is 62.6. The van der Waals surface area contributed by atoms with Gasteiger partial charge in [-0.25, -0.2) is 4.98 Å². The number of benzene rings is 4. The molecule has 0 radical (unpaired) electrons. The third kappa shape index (κ3) is 9.26. The number of piperazine rings is 1. The molecule has 7 aromatic rings. The van der Waals surface area contributed by atoms with Gasteiger partial charge in [0.2, 0.25) is 11.8 Å². The lowest BCUT2D eigenvalue weighted by Crippen LogP contribution is -2.52. The summed E-state index contributed by atoms with van der Waals surface area (Å²) in [5, 5.41) is 35.5. The van der Waals surface area contributed by atoms with Crippen molar-refractivity contribution in [2.24, 2.45) is 7.05 Å². The van der Waals surface area contributed by atoms with Crippen LogP contribution in [0, 0.1) is 20.8 Å². The van der Waals surface area contributed by atoms with E-state index in [0.717, 1.165) is 55.5 Å². The van der Waals surface area contributed by atoms with Gasteiger partial charge in [-0.2, -0.15) is 5.10 Å². The third-order valence-corrected chi connectivity index (χ3v) is 13.4. The van der Waals surface area contributed by atoms with E-state index in [9.17, 15) is 29.4 Å². The fourth-order valence-electron chi connectivity index (χ4n) is 9.66. The number of nitrogens with one attached hydrogen (secondary N) is 3. The number of H-pyrrole nitrogens is 1. The minimum atomic E-state index is -1.78. The van der Waals surface area contributed by atoms with Crippen LogP contribution in [0.25, 0.3) is 43.8 Å². The Balaban J connectivity index is 0.894. The number of aromatic amines is 1. The van der Waals surface area contributed by atoms with E-state index in [-0.39, 0.29) is 42.6 Å². The number of aryl methyl sites for hydroxylation is 4. The predicted octanol–water partition coefficient (Wildman–Crippen LogP) is 5.40. The van der Waals surface area contributed by atoms with E-state index in [4.69, 9.17) is 26.2 Å². The number of ether oxygens (including phenoxy) is 2. The topological polar surface area (TPSA) is 209 Å². The minimum Gasteiger partial charge on any atom is -0.493 e. The molecular weight excluding hydrogens is 890 g/mol. The number of imide groups is 1. The van der Waals surface area contributed by atoms with Crippen LogP contribution in [0.1, 0.15) is 64.4 Å². The van der Waals surface area contributed by atoms with Crippen LogP contribution in [-0.4, -0.2) is 120 Å². The number of imidazole rings is 1. The number of nitrogens with zero attached hydrogens (tertiary/aromatic N) is 6. The molecule has 5 N–H and O–H groups in total. The van der Waals surface area contributed by atoms with E-state index in [1.807, 2.05) is 72.6 Å². The van der Waals surface area contributed by atoms with Gasteiger partial charge in [-0.3, -0.25) is 34.1 Å². The van der Waals surface area contributed by atoms with Crippen LogP contribution < -0.4 is 20.1 Å². The van der Waals surface area contributed by atoms with Crippen LogP contribution >= 0.6 is 11.6 Å². The van der Waals surface area contributed by atoms with Crippen LogP contribution in [0.3, 0.4) is 0 Å². The van der Waals surface area contributed by atoms with Crippen LogP contribution in [0.5, 0.6) is 11.5 Å². The van der Waals surface area contributed by atoms with Crippen molar-refractivity contribution < 1.29 is 38.9 Å². The molecule has 5 heterocycles. The van der Waals surface area contributed by atoms with Crippen LogP contribution in [-0.2, 0) is 34.4 Å². The van der Waals surface area contributed by atoms with Gasteiger partial charge in [-0.15, -0.1) is 0 Å². The maximum atomic E-state index is 13.6. The van der Waals surface area contributed by atoms with Crippen molar-refractivity contribution in [3.8, 4) is 22.6 Å². The number of fused-ring (bicyclic) bond motifs is 3. The molecule has 0 aliphatic carbocycles. The number of aliphatic hydroxyl groups is 2. The van der Waals surface area contributed by atoms with E-state index in [2.05, 4.69) is 37.6 Å². The van der Waals surface area contributed by atoms with Crippen molar-refractivity contribution in [1.29, 1.82) is 0 Å². The smallest absolute Gasteiger partial charge is 0.260 e. The molecule has 4 amide bonds. The molecule has 1 atom stereocenters. The highest BCUT2D eigenvalue weighted by molar-refractivity contribution is 6.35. The maximum absolute atomic E-state index is 13.6. The molecule has 0 spiro atoms. The Morgan fingerprint density at radius 3 is 2.47 bits per heavy atom. The summed E-state index contributed by atoms with van der Waals surface area (Å²) in [7, 11) is 1.89. The van der Waals surface area contributed by atoms with Crippen molar-refractivity contribution in [3.05, 3.63) is 106 Å². The van der Waals surface area contributed by atoms with Gasteiger partial charge in [0, 0.05) is 86.4 Å². The molecule has 2 saturated heterocycles. The summed E-state index contributed by atoms with van der Waals surface area (Å²) in [5.74, 6) is -0.102. The summed E-state index contributed by atoms with van der Waals surface area (Å²) in [5.41, 5.74) is 6.51. The number of hydrogen-bond acceptors (Lipinski definition) is 11. The number of amides is 4. The second kappa shape index (κ2) is 19.4. The SMILES string of the molecule is Cc1nc2c(C(=O)NC3CCC(=O)NC3=O)cc(OCC(=O)N3CCN(CCn4c(C(O)O)c(CCCOc5cccc6ccccc56)c5ccc(Cl)c(-c6c(C)nn(C)c6C)c54)CC3)cc2[nH]1. The fraction of sp³-hybridized carbons (Fsp3) is 0.360. The van der Waals surface area contributed by atoms with E-state index < -0.39 is 24.1 Å². The number of rotatable bonds is 15. The lowest BCUT2D eigenvalue weighted by molar-refractivity contribution is -0.136. The van der Waals surface area contributed by atoms with Crippen molar-refractivity contribution in [2.75, 3.05) is 45.9 Å². The normalized spacial score (nSPS) is 15.8. The molecule has 2 fully saturated rings. The van der Waals surface area contributed by atoms with Gasteiger partial charge in [0.1, 0.15) is 28.9 Å². The third-order valence-electron chi connectivity index (χ3n) is 13.1. The monoisotopic (exact) mass is 943 g/mol. The largest absolute Gasteiger partial charge is 0.493 e. The number of aromatic nitrogens is 5. The Morgan fingerprint density at radius 2 is 1.72 bits per heavy atom. The number of aliphatic hydroxyl groups excluding tert-OH is 1. The average Bonchev–Trinajstić information content (AvgIpc) is 3.94. The zero-order chi connectivity index (χ0) is 47.8. The molecular formula is C50H54ClN9O8. The molecule has 2 aliphatic rings. The zero-order valence-corrected chi connectivity index (χ0v) is 39.2. The molecule has 354 valence electrons. The highest BCUT2D eigenvalue weighted by atomic mass is 35.5. The molecule has 3 aromatic heterocycles. The quantitative estimate of drug-likeness (QED) is 0.0499. The molecule has 18 heteroatoms. The molecule has 68 heavy (non-hydrogen) atoms. The average molecular weight is 944 g/mol. The molecule has 4 aromatic carbocycles. The second-order valence-corrected chi connectivity index (χ2v) is 17.9. The van der Waals surface area contributed by atoms with Gasteiger partial charge in [-0.1, -0.05) is 54.1 Å². The molecule has 0 saturated carbocycles. The van der Waals surface area contributed by atoms with E-state index >= 15 is 0 Å². The Bertz CT molecular complexity index is 3090. The van der Waals surface area contributed by atoms with Gasteiger partial charge >= 0.3 is 0 Å². The highest BCUT2D eigenvalue weighted by Gasteiger charge is 2.31. The number of piperidine rings is 1. The first kappa shape index (κ1) is 46.3. The first-order valence-corrected chi connectivity index (χ1v) is 23.2. The zero-order valence-electron chi connectivity index (χ0n) is 38.4. The van der Waals surface area contributed by atoms with Crippen molar-refractivity contribution in [2.45, 2.75) is 65.3 Å². The Morgan fingerprint density at radius 1 is 0.941 bits per heavy atom. The molecule has 2 aliphatic heterocycles. The van der Waals surface area contributed by atoms with Crippen molar-refractivity contribution in [3.63, 3.8) is 0 Å². The fourth-order valence-corrected chi connectivity index (χ4v) is 9.91. The van der Waals surface area contributed by atoms with E-state index in [1.54, 1.807) is 17.9 Å². The first-order valence-electron chi connectivity index (χ1n) is 22.8. The summed E-state index contributed by atoms with van der Waals surface area (Å²) in [6.45, 7) is 8.82. The number of halogens is 1. The van der Waals surface area contributed by atoms with Crippen LogP contribution in [0.4, 0.5) is 0 Å². The van der Waals surface area contributed by atoms with Gasteiger partial charge in [0.15, 0.2) is 12.9 Å². The van der Waals surface area contributed by atoms with Crippen molar-refractivity contribution in [1.82, 2.24) is 44.7 Å². The van der Waals surface area contributed by atoms with Gasteiger partial charge < -0.3 is 39.5 Å². The number of carbonyl (C=O) groups is 4. The van der Waals surface area contributed by atoms with Crippen LogP contribution in [0.15, 0.2) is 66.7 Å². The Kier molecular flexibility index (Phi) is 13.2. The lowest BCUT2D eigenvalue weighted by atomic mass is 9.98. The maximum Gasteiger partial charge on any atom is 0.260 e. The van der Waals surface area contributed by atoms with Crippen molar-refractivity contribution >= 4 is 67.9 Å². The minimum absolute atomic E-state index is 0.112. The van der Waals surface area contributed by atoms with Gasteiger partial charge in [0.05, 0.1) is 39.6 Å².